The van der Waals surface area contributed by atoms with E-state index in [0.717, 1.165) is 39.1 Å². The van der Waals surface area contributed by atoms with E-state index in [1.165, 1.54) is 6.07 Å². The second-order valence-electron chi connectivity index (χ2n) is 9.49. The van der Waals surface area contributed by atoms with Gasteiger partial charge < -0.3 is 15.6 Å². The molecule has 1 amide bonds. The standard InChI is InChI=1S/C29H25F5N4O3/c30-22-6-2-18(14-23(22)31)15-24(25(39)7-3-17-1-5-21-19(13-17)9-11-36-28(21)35)37-26(40)10-12-38-16-20(29(32,33)34)4-8-27(38)41/h1-2,4-6,8-9,11,13-14,16,24H,3,7,10,12,15H2,(H2,35,36)(H,37,40)/t24-/m0/s1. The fourth-order valence-electron chi connectivity index (χ4n) is 4.36. The van der Waals surface area contributed by atoms with Crippen molar-refractivity contribution in [2.45, 2.75) is 44.4 Å². The van der Waals surface area contributed by atoms with Gasteiger partial charge in [0.15, 0.2) is 17.4 Å². The van der Waals surface area contributed by atoms with Crippen LogP contribution in [0.3, 0.4) is 0 Å². The highest BCUT2D eigenvalue weighted by Crippen LogP contribution is 2.28. The molecule has 0 spiro atoms. The molecule has 4 aromatic rings. The average molecular weight is 573 g/mol. The molecular formula is C29H25F5N4O3. The zero-order valence-corrected chi connectivity index (χ0v) is 21.6. The van der Waals surface area contributed by atoms with Crippen molar-refractivity contribution in [3.05, 3.63) is 106 Å². The number of rotatable bonds is 10. The van der Waals surface area contributed by atoms with Gasteiger partial charge in [-0.05, 0) is 53.6 Å². The van der Waals surface area contributed by atoms with Gasteiger partial charge in [-0.25, -0.2) is 13.8 Å². The van der Waals surface area contributed by atoms with Crippen molar-refractivity contribution in [1.82, 2.24) is 14.9 Å². The molecule has 0 aliphatic heterocycles. The van der Waals surface area contributed by atoms with Gasteiger partial charge >= 0.3 is 6.18 Å². The van der Waals surface area contributed by atoms with E-state index in [1.807, 2.05) is 6.07 Å². The van der Waals surface area contributed by atoms with Crippen LogP contribution in [-0.4, -0.2) is 27.3 Å². The van der Waals surface area contributed by atoms with E-state index in [-0.39, 0.29) is 24.9 Å². The molecule has 214 valence electrons. The van der Waals surface area contributed by atoms with Crippen molar-refractivity contribution in [2.24, 2.45) is 0 Å². The van der Waals surface area contributed by atoms with Gasteiger partial charge in [0.2, 0.25) is 5.91 Å². The van der Waals surface area contributed by atoms with Crippen LogP contribution in [0.1, 0.15) is 29.5 Å². The molecule has 0 saturated carbocycles. The van der Waals surface area contributed by atoms with Gasteiger partial charge in [0.05, 0.1) is 11.6 Å². The summed E-state index contributed by atoms with van der Waals surface area (Å²) >= 11 is 0. The number of hydrogen-bond acceptors (Lipinski definition) is 5. The number of nitrogens with two attached hydrogens (primary N) is 1. The number of Topliss-reactive ketones (excluding diaryl/α,β-unsaturated/α-hetero) is 1. The number of pyridine rings is 2. The third-order valence-corrected chi connectivity index (χ3v) is 6.56. The Morgan fingerprint density at radius 1 is 0.951 bits per heavy atom. The van der Waals surface area contributed by atoms with Crippen molar-refractivity contribution in [3.8, 4) is 0 Å². The molecule has 2 aromatic heterocycles. The summed E-state index contributed by atoms with van der Waals surface area (Å²) in [6.07, 6.45) is -2.74. The van der Waals surface area contributed by atoms with Gasteiger partial charge in [-0.1, -0.05) is 24.3 Å². The van der Waals surface area contributed by atoms with Gasteiger partial charge in [0.1, 0.15) is 5.82 Å². The Morgan fingerprint density at radius 2 is 1.71 bits per heavy atom. The van der Waals surface area contributed by atoms with Crippen LogP contribution < -0.4 is 16.6 Å². The molecule has 3 N–H and O–H groups in total. The Bertz CT molecular complexity index is 1650. The van der Waals surface area contributed by atoms with Gasteiger partial charge in [0.25, 0.3) is 5.56 Å². The van der Waals surface area contributed by atoms with Crippen LogP contribution >= 0.6 is 0 Å². The van der Waals surface area contributed by atoms with E-state index in [9.17, 15) is 36.3 Å². The number of fused-ring (bicyclic) bond motifs is 1. The molecule has 0 fully saturated rings. The number of ketones is 1. The van der Waals surface area contributed by atoms with Crippen LogP contribution in [0.15, 0.2) is 71.8 Å². The Kier molecular flexibility index (Phi) is 8.80. The van der Waals surface area contributed by atoms with Gasteiger partial charge in [0, 0.05) is 43.2 Å². The number of hydrogen-bond donors (Lipinski definition) is 2. The molecule has 1 atom stereocenters. The van der Waals surface area contributed by atoms with E-state index in [1.54, 1.807) is 24.4 Å². The molecule has 0 aliphatic carbocycles. The number of carbonyl (C=O) groups is 2. The normalized spacial score (nSPS) is 12.3. The number of aryl methyl sites for hydroxylation is 2. The molecule has 4 rings (SSSR count). The first kappa shape index (κ1) is 29.4. The van der Waals surface area contributed by atoms with Crippen molar-refractivity contribution < 1.29 is 31.5 Å². The van der Waals surface area contributed by atoms with Crippen LogP contribution in [0.2, 0.25) is 0 Å². The van der Waals surface area contributed by atoms with E-state index in [2.05, 4.69) is 10.3 Å². The number of benzene rings is 2. The predicted molar refractivity (Wildman–Crippen MR) is 142 cm³/mol. The molecule has 41 heavy (non-hydrogen) atoms. The summed E-state index contributed by atoms with van der Waals surface area (Å²) in [5.41, 5.74) is 5.18. The van der Waals surface area contributed by atoms with Crippen LogP contribution in [0.5, 0.6) is 0 Å². The SMILES string of the molecule is Nc1nccc2cc(CCC(=O)[C@H](Cc3ccc(F)c(F)c3)NC(=O)CCn3cc(C(F)(F)F)ccc3=O)ccc12. The number of amides is 1. The van der Waals surface area contributed by atoms with E-state index >= 15 is 0 Å². The summed E-state index contributed by atoms with van der Waals surface area (Å²) in [6.45, 7) is -0.365. The summed E-state index contributed by atoms with van der Waals surface area (Å²) in [5, 5.41) is 4.13. The van der Waals surface area contributed by atoms with Crippen LogP contribution in [0.25, 0.3) is 10.8 Å². The summed E-state index contributed by atoms with van der Waals surface area (Å²) in [5.74, 6) is -2.92. The quantitative estimate of drug-likeness (QED) is 0.270. The first-order valence-corrected chi connectivity index (χ1v) is 12.6. The lowest BCUT2D eigenvalue weighted by atomic mass is 9.96. The topological polar surface area (TPSA) is 107 Å². The first-order chi connectivity index (χ1) is 19.4. The molecule has 0 aliphatic rings. The van der Waals surface area contributed by atoms with Crippen molar-refractivity contribution in [1.29, 1.82) is 0 Å². The highest BCUT2D eigenvalue weighted by molar-refractivity contribution is 5.92. The zero-order valence-electron chi connectivity index (χ0n) is 21.6. The number of anilines is 1. The Labute approximate surface area is 230 Å². The van der Waals surface area contributed by atoms with Crippen molar-refractivity contribution in [3.63, 3.8) is 0 Å². The number of nitrogens with zero attached hydrogens (tertiary/aromatic N) is 2. The minimum Gasteiger partial charge on any atom is -0.383 e. The molecule has 2 aromatic carbocycles. The molecule has 0 bridgehead atoms. The highest BCUT2D eigenvalue weighted by Gasteiger charge is 2.31. The summed E-state index contributed by atoms with van der Waals surface area (Å²) < 4.78 is 67.0. The van der Waals surface area contributed by atoms with Gasteiger partial charge in [-0.2, -0.15) is 13.2 Å². The predicted octanol–water partition coefficient (Wildman–Crippen LogP) is 4.60. The van der Waals surface area contributed by atoms with Crippen LogP contribution in [0, 0.1) is 11.6 Å². The van der Waals surface area contributed by atoms with Gasteiger partial charge in [-0.3, -0.25) is 14.4 Å². The molecular weight excluding hydrogens is 547 g/mol. The summed E-state index contributed by atoms with van der Waals surface area (Å²) in [6, 6.07) is 10.6. The number of aromatic nitrogens is 2. The second-order valence-corrected chi connectivity index (χ2v) is 9.49. The molecule has 0 unspecified atom stereocenters. The maximum Gasteiger partial charge on any atom is 0.417 e. The average Bonchev–Trinajstić information content (AvgIpc) is 2.92. The number of alkyl halides is 3. The number of carbonyl (C=O) groups excluding carboxylic acids is 2. The Hall–Kier alpha value is -4.61. The summed E-state index contributed by atoms with van der Waals surface area (Å²) in [7, 11) is 0. The zero-order chi connectivity index (χ0) is 29.7. The third kappa shape index (κ3) is 7.53. The molecule has 0 radical (unpaired) electrons. The molecule has 0 saturated heterocycles. The number of nitrogen functional groups attached to an aromatic ring is 1. The van der Waals surface area contributed by atoms with Crippen molar-refractivity contribution >= 4 is 28.3 Å². The second kappa shape index (κ2) is 12.3. The highest BCUT2D eigenvalue weighted by atomic mass is 19.4. The lowest BCUT2D eigenvalue weighted by Crippen LogP contribution is -2.43. The lowest BCUT2D eigenvalue weighted by Gasteiger charge is -2.19. The van der Waals surface area contributed by atoms with Gasteiger partial charge in [-0.15, -0.1) is 0 Å². The number of halogens is 5. The minimum atomic E-state index is -4.67. The van der Waals surface area contributed by atoms with Crippen LogP contribution in [-0.2, 0) is 35.2 Å². The summed E-state index contributed by atoms with van der Waals surface area (Å²) in [4.78, 5) is 42.0. The molecule has 12 heteroatoms. The number of nitrogens with one attached hydrogen (secondary N) is 1. The van der Waals surface area contributed by atoms with Crippen LogP contribution in [0.4, 0.5) is 27.8 Å². The van der Waals surface area contributed by atoms with E-state index in [4.69, 9.17) is 5.73 Å². The monoisotopic (exact) mass is 572 g/mol. The van der Waals surface area contributed by atoms with E-state index in [0.29, 0.717) is 24.5 Å². The minimum absolute atomic E-state index is 0.00617. The maximum atomic E-state index is 13.8. The van der Waals surface area contributed by atoms with Crippen molar-refractivity contribution in [2.75, 3.05) is 5.73 Å². The first-order valence-electron chi connectivity index (χ1n) is 12.6. The smallest absolute Gasteiger partial charge is 0.383 e. The Balaban J connectivity index is 1.47. The van der Waals surface area contributed by atoms with E-state index < -0.39 is 53.1 Å². The third-order valence-electron chi connectivity index (χ3n) is 6.56. The lowest BCUT2D eigenvalue weighted by molar-refractivity contribution is -0.138. The fourth-order valence-corrected chi connectivity index (χ4v) is 4.36. The fraction of sp³-hybridized carbons (Fsp3) is 0.241. The largest absolute Gasteiger partial charge is 0.417 e. The molecule has 7 nitrogen and oxygen atoms in total. The Morgan fingerprint density at radius 3 is 2.44 bits per heavy atom. The molecule has 2 heterocycles. The maximum absolute atomic E-state index is 13.8.